The van der Waals surface area contributed by atoms with E-state index in [1.165, 1.54) is 74.0 Å². The van der Waals surface area contributed by atoms with Crippen molar-refractivity contribution in [1.82, 2.24) is 10.6 Å². The zero-order chi connectivity index (χ0) is 27.8. The molecule has 2 aromatic carbocycles. The van der Waals surface area contributed by atoms with Crippen molar-refractivity contribution in [2.45, 2.75) is 19.5 Å². The molecule has 0 aliphatic heterocycles. The second-order valence-corrected chi connectivity index (χ2v) is 8.37. The SMILES string of the molecule is CC(=O)Nc1ccc(N(C(=O)CNC(=O)c2ccco2)[C@@H](C(=O)NCc2ccco2)c2ccccc2F)cc1. The standard InChI is InChI=1S/C28H25FN4O6/c1-18(34)32-19-10-12-20(13-11-19)33(25(35)17-31-27(36)24-9-5-15-39-24)26(22-7-2-3-8-23(22)29)28(37)30-16-21-6-4-14-38-21/h2-15,26H,16-17H2,1H3,(H,30,37)(H,31,36)(H,32,34)/t26-/m1/s1. The summed E-state index contributed by atoms with van der Waals surface area (Å²) in [5, 5.41) is 7.78. The van der Waals surface area contributed by atoms with E-state index in [9.17, 15) is 19.2 Å². The molecular formula is C28H25FN4O6. The zero-order valence-corrected chi connectivity index (χ0v) is 20.8. The van der Waals surface area contributed by atoms with Crippen molar-refractivity contribution in [3.63, 3.8) is 0 Å². The highest BCUT2D eigenvalue weighted by molar-refractivity contribution is 6.04. The molecule has 0 saturated heterocycles. The van der Waals surface area contributed by atoms with Gasteiger partial charge in [0, 0.05) is 23.9 Å². The van der Waals surface area contributed by atoms with E-state index in [-0.39, 0.29) is 29.5 Å². The molecule has 11 heteroatoms. The van der Waals surface area contributed by atoms with Crippen molar-refractivity contribution in [2.24, 2.45) is 0 Å². The summed E-state index contributed by atoms with van der Waals surface area (Å²) in [7, 11) is 0. The van der Waals surface area contributed by atoms with Gasteiger partial charge in [0.05, 0.1) is 25.6 Å². The van der Waals surface area contributed by atoms with Crippen LogP contribution in [0.1, 0.15) is 34.8 Å². The summed E-state index contributed by atoms with van der Waals surface area (Å²) in [6.07, 6.45) is 2.77. The molecule has 1 atom stereocenters. The molecule has 0 fully saturated rings. The summed E-state index contributed by atoms with van der Waals surface area (Å²) in [5.41, 5.74) is 0.614. The third-order valence-corrected chi connectivity index (χ3v) is 5.60. The van der Waals surface area contributed by atoms with Gasteiger partial charge in [-0.15, -0.1) is 0 Å². The normalized spacial score (nSPS) is 11.3. The predicted molar refractivity (Wildman–Crippen MR) is 139 cm³/mol. The summed E-state index contributed by atoms with van der Waals surface area (Å²) in [4.78, 5) is 52.2. The lowest BCUT2D eigenvalue weighted by molar-refractivity contribution is -0.126. The first kappa shape index (κ1) is 26.9. The average molecular weight is 533 g/mol. The Labute approximate surface area is 222 Å². The quantitative estimate of drug-likeness (QED) is 0.285. The fraction of sp³-hybridized carbons (Fsp3) is 0.143. The topological polar surface area (TPSA) is 134 Å². The number of furan rings is 2. The number of carbonyl (C=O) groups excluding carboxylic acids is 4. The third kappa shape index (κ3) is 6.77. The number of hydrogen-bond acceptors (Lipinski definition) is 6. The van der Waals surface area contributed by atoms with E-state index in [1.54, 1.807) is 18.2 Å². The molecule has 0 unspecified atom stereocenters. The molecule has 200 valence electrons. The van der Waals surface area contributed by atoms with Crippen molar-refractivity contribution in [1.29, 1.82) is 0 Å². The first-order valence-corrected chi connectivity index (χ1v) is 11.9. The van der Waals surface area contributed by atoms with Gasteiger partial charge in [-0.3, -0.25) is 24.1 Å². The fourth-order valence-electron chi connectivity index (χ4n) is 3.86. The minimum atomic E-state index is -1.46. The molecule has 0 saturated carbocycles. The van der Waals surface area contributed by atoms with Gasteiger partial charge < -0.3 is 24.8 Å². The number of halogens is 1. The maximum absolute atomic E-state index is 15.1. The van der Waals surface area contributed by atoms with Crippen molar-refractivity contribution < 1.29 is 32.4 Å². The Balaban J connectivity index is 1.70. The van der Waals surface area contributed by atoms with Crippen LogP contribution < -0.4 is 20.9 Å². The summed E-state index contributed by atoms with van der Waals surface area (Å²) in [6.45, 7) is 0.821. The van der Waals surface area contributed by atoms with Crippen LogP contribution in [0.5, 0.6) is 0 Å². The fourth-order valence-corrected chi connectivity index (χ4v) is 3.86. The number of amides is 4. The highest BCUT2D eigenvalue weighted by atomic mass is 19.1. The van der Waals surface area contributed by atoms with Crippen LogP contribution in [0.2, 0.25) is 0 Å². The highest BCUT2D eigenvalue weighted by Gasteiger charge is 2.34. The Bertz CT molecular complexity index is 1440. The van der Waals surface area contributed by atoms with Crippen LogP contribution in [-0.4, -0.2) is 30.2 Å². The molecule has 2 aromatic heterocycles. The molecule has 0 radical (unpaired) electrons. The van der Waals surface area contributed by atoms with Crippen LogP contribution >= 0.6 is 0 Å². The van der Waals surface area contributed by atoms with Gasteiger partial charge in [-0.05, 0) is 54.6 Å². The summed E-state index contributed by atoms with van der Waals surface area (Å²) in [5.74, 6) is -2.58. The van der Waals surface area contributed by atoms with E-state index in [2.05, 4.69) is 16.0 Å². The third-order valence-electron chi connectivity index (χ3n) is 5.60. The molecule has 4 amide bonds. The van der Waals surface area contributed by atoms with Gasteiger partial charge in [-0.25, -0.2) is 4.39 Å². The van der Waals surface area contributed by atoms with Gasteiger partial charge in [0.1, 0.15) is 17.6 Å². The van der Waals surface area contributed by atoms with Crippen molar-refractivity contribution >= 4 is 35.0 Å². The van der Waals surface area contributed by atoms with Crippen LogP contribution in [0.3, 0.4) is 0 Å². The summed E-state index contributed by atoms with van der Waals surface area (Å²) in [6, 6.07) is 16.5. The molecule has 3 N–H and O–H groups in total. The first-order valence-electron chi connectivity index (χ1n) is 11.9. The maximum atomic E-state index is 15.1. The smallest absolute Gasteiger partial charge is 0.287 e. The van der Waals surface area contributed by atoms with E-state index in [4.69, 9.17) is 8.83 Å². The van der Waals surface area contributed by atoms with Crippen molar-refractivity contribution in [3.8, 4) is 0 Å². The number of rotatable bonds is 10. The van der Waals surface area contributed by atoms with Gasteiger partial charge in [-0.2, -0.15) is 0 Å². The molecule has 0 aliphatic carbocycles. The first-order chi connectivity index (χ1) is 18.8. The Hall–Kier alpha value is -5.19. The lowest BCUT2D eigenvalue weighted by Crippen LogP contribution is -2.47. The van der Waals surface area contributed by atoms with Crippen LogP contribution in [0.25, 0.3) is 0 Å². The van der Waals surface area contributed by atoms with Crippen LogP contribution in [0, 0.1) is 5.82 Å². The number of carbonyl (C=O) groups is 4. The molecule has 2 heterocycles. The average Bonchev–Trinajstić information content (AvgIpc) is 3.65. The number of nitrogens with one attached hydrogen (secondary N) is 3. The molecule has 4 aromatic rings. The summed E-state index contributed by atoms with van der Waals surface area (Å²) >= 11 is 0. The van der Waals surface area contributed by atoms with Crippen LogP contribution in [0.4, 0.5) is 15.8 Å². The predicted octanol–water partition coefficient (Wildman–Crippen LogP) is 3.79. The van der Waals surface area contributed by atoms with E-state index >= 15 is 4.39 Å². The molecule has 10 nitrogen and oxygen atoms in total. The van der Waals surface area contributed by atoms with Gasteiger partial charge in [-0.1, -0.05) is 18.2 Å². The Morgan fingerprint density at radius 3 is 2.23 bits per heavy atom. The van der Waals surface area contributed by atoms with Gasteiger partial charge in [0.15, 0.2) is 5.76 Å². The second-order valence-electron chi connectivity index (χ2n) is 8.37. The Morgan fingerprint density at radius 1 is 0.872 bits per heavy atom. The highest BCUT2D eigenvalue weighted by Crippen LogP contribution is 2.30. The van der Waals surface area contributed by atoms with E-state index < -0.39 is 36.1 Å². The minimum Gasteiger partial charge on any atom is -0.467 e. The van der Waals surface area contributed by atoms with Crippen LogP contribution in [0.15, 0.2) is 94.2 Å². The molecule has 0 bridgehead atoms. The number of benzene rings is 2. The van der Waals surface area contributed by atoms with Crippen LogP contribution in [-0.2, 0) is 20.9 Å². The molecule has 0 spiro atoms. The Morgan fingerprint density at radius 2 is 1.59 bits per heavy atom. The minimum absolute atomic E-state index is 0.00384. The van der Waals surface area contributed by atoms with E-state index in [1.807, 2.05) is 0 Å². The number of hydrogen-bond donors (Lipinski definition) is 3. The Kier molecular flexibility index (Phi) is 8.52. The van der Waals surface area contributed by atoms with Crippen molar-refractivity contribution in [2.75, 3.05) is 16.8 Å². The number of nitrogens with zero attached hydrogens (tertiary/aromatic N) is 1. The largest absolute Gasteiger partial charge is 0.467 e. The monoisotopic (exact) mass is 532 g/mol. The van der Waals surface area contributed by atoms with Crippen molar-refractivity contribution in [3.05, 3.63) is 108 Å². The second kappa shape index (κ2) is 12.4. The molecule has 39 heavy (non-hydrogen) atoms. The van der Waals surface area contributed by atoms with Gasteiger partial charge in [0.25, 0.3) is 5.91 Å². The summed E-state index contributed by atoms with van der Waals surface area (Å²) < 4.78 is 25.4. The van der Waals surface area contributed by atoms with E-state index in [0.717, 1.165) is 4.90 Å². The van der Waals surface area contributed by atoms with E-state index in [0.29, 0.717) is 11.4 Å². The van der Waals surface area contributed by atoms with Gasteiger partial charge in [0.2, 0.25) is 17.7 Å². The molecular weight excluding hydrogens is 507 g/mol. The molecule has 0 aliphatic rings. The molecule has 4 rings (SSSR count). The number of anilines is 2. The lowest BCUT2D eigenvalue weighted by atomic mass is 10.0. The lowest BCUT2D eigenvalue weighted by Gasteiger charge is -2.32. The maximum Gasteiger partial charge on any atom is 0.287 e. The zero-order valence-electron chi connectivity index (χ0n) is 20.8. The van der Waals surface area contributed by atoms with Gasteiger partial charge >= 0.3 is 0 Å².